The molecule has 0 saturated heterocycles. The van der Waals surface area contributed by atoms with E-state index in [2.05, 4.69) is 46.5 Å². The normalized spacial score (nSPS) is 14.6. The first-order chi connectivity index (χ1) is 15.1. The van der Waals surface area contributed by atoms with Crippen molar-refractivity contribution in [3.05, 3.63) is 59.8 Å². The van der Waals surface area contributed by atoms with Crippen LogP contribution in [-0.4, -0.2) is 42.0 Å². The average molecular weight is 415 g/mol. The lowest BCUT2D eigenvalue weighted by atomic mass is 9.94. The summed E-state index contributed by atoms with van der Waals surface area (Å²) < 4.78 is 0. The Balaban J connectivity index is 1.34. The molecule has 1 heterocycles. The molecule has 1 aliphatic rings. The summed E-state index contributed by atoms with van der Waals surface area (Å²) in [6.45, 7) is 1.59. The number of fused-ring (bicyclic) bond motifs is 1. The van der Waals surface area contributed by atoms with E-state index in [9.17, 15) is 4.79 Å². The van der Waals surface area contributed by atoms with Crippen molar-refractivity contribution in [2.24, 2.45) is 0 Å². The van der Waals surface area contributed by atoms with E-state index in [4.69, 9.17) is 5.26 Å². The Morgan fingerprint density at radius 3 is 2.61 bits per heavy atom. The predicted molar refractivity (Wildman–Crippen MR) is 125 cm³/mol. The molecule has 3 aromatic rings. The van der Waals surface area contributed by atoms with Crippen LogP contribution in [0.4, 0.5) is 0 Å². The fourth-order valence-electron chi connectivity index (χ4n) is 4.56. The van der Waals surface area contributed by atoms with Gasteiger partial charge < -0.3 is 15.2 Å². The Kier molecular flexibility index (Phi) is 6.69. The van der Waals surface area contributed by atoms with E-state index < -0.39 is 0 Å². The van der Waals surface area contributed by atoms with Crippen LogP contribution in [0, 0.1) is 11.3 Å². The minimum absolute atomic E-state index is 0.0640. The number of carbonyl (C=O) groups excluding carboxylic acids is 1. The number of hydrogen-bond acceptors (Lipinski definition) is 3. The highest BCUT2D eigenvalue weighted by Crippen LogP contribution is 2.26. The third-order valence-electron chi connectivity index (χ3n) is 6.45. The minimum atomic E-state index is 0.0640. The number of nitriles is 1. The molecule has 2 N–H and O–H groups in total. The van der Waals surface area contributed by atoms with Gasteiger partial charge in [0.05, 0.1) is 18.1 Å². The van der Waals surface area contributed by atoms with E-state index in [0.717, 1.165) is 34.1 Å². The van der Waals surface area contributed by atoms with Crippen molar-refractivity contribution in [2.75, 3.05) is 20.1 Å². The number of H-pyrrole nitrogens is 1. The highest BCUT2D eigenvalue weighted by molar-refractivity contribution is 5.91. The summed E-state index contributed by atoms with van der Waals surface area (Å²) in [4.78, 5) is 18.2. The van der Waals surface area contributed by atoms with Crippen LogP contribution < -0.4 is 5.32 Å². The highest BCUT2D eigenvalue weighted by Gasteiger charge is 2.17. The maximum absolute atomic E-state index is 12.5. The lowest BCUT2D eigenvalue weighted by molar-refractivity contribution is -0.120. The lowest BCUT2D eigenvalue weighted by Crippen LogP contribution is -2.39. The lowest BCUT2D eigenvalue weighted by Gasteiger charge is -2.31. The summed E-state index contributed by atoms with van der Waals surface area (Å²) in [5.74, 6) is 0.0640. The fraction of sp³-hybridized carbons (Fsp3) is 0.385. The van der Waals surface area contributed by atoms with Gasteiger partial charge in [0.1, 0.15) is 0 Å². The van der Waals surface area contributed by atoms with Crippen LogP contribution in [-0.2, 0) is 11.2 Å². The van der Waals surface area contributed by atoms with Crippen LogP contribution in [0.15, 0.2) is 48.7 Å². The number of nitrogens with zero attached hydrogens (tertiary/aromatic N) is 2. The van der Waals surface area contributed by atoms with Gasteiger partial charge in [-0.05, 0) is 54.8 Å². The molecule has 0 unspecified atom stereocenters. The summed E-state index contributed by atoms with van der Waals surface area (Å²) in [5, 5.41) is 13.1. The molecule has 5 nitrogen and oxygen atoms in total. The van der Waals surface area contributed by atoms with Gasteiger partial charge in [-0.2, -0.15) is 5.26 Å². The van der Waals surface area contributed by atoms with Gasteiger partial charge in [0.2, 0.25) is 5.91 Å². The van der Waals surface area contributed by atoms with Crippen LogP contribution in [0.1, 0.15) is 43.2 Å². The van der Waals surface area contributed by atoms with E-state index >= 15 is 0 Å². The van der Waals surface area contributed by atoms with Crippen LogP contribution in [0.5, 0.6) is 0 Å². The number of nitrogens with one attached hydrogen (secondary N) is 2. The van der Waals surface area contributed by atoms with Gasteiger partial charge in [0, 0.05) is 36.2 Å². The maximum Gasteiger partial charge on any atom is 0.224 e. The molecule has 1 fully saturated rings. The zero-order chi connectivity index (χ0) is 21.6. The first-order valence-corrected chi connectivity index (χ1v) is 11.2. The van der Waals surface area contributed by atoms with Crippen molar-refractivity contribution in [1.82, 2.24) is 15.2 Å². The summed E-state index contributed by atoms with van der Waals surface area (Å²) in [7, 11) is 2.17. The second-order valence-corrected chi connectivity index (χ2v) is 8.56. The number of aromatic amines is 1. The molecule has 31 heavy (non-hydrogen) atoms. The molecule has 0 bridgehead atoms. The van der Waals surface area contributed by atoms with Crippen molar-refractivity contribution < 1.29 is 4.79 Å². The van der Waals surface area contributed by atoms with E-state index in [1.807, 2.05) is 30.5 Å². The van der Waals surface area contributed by atoms with Crippen LogP contribution in [0.2, 0.25) is 0 Å². The molecule has 1 amide bonds. The second kappa shape index (κ2) is 9.80. The minimum Gasteiger partial charge on any atom is -0.361 e. The van der Waals surface area contributed by atoms with E-state index in [1.165, 1.54) is 32.1 Å². The van der Waals surface area contributed by atoms with Crippen molar-refractivity contribution >= 4 is 16.8 Å². The summed E-state index contributed by atoms with van der Waals surface area (Å²) >= 11 is 0. The SMILES string of the molecule is CN(CCNC(=O)Cc1c[nH]c2cc(-c3ccc(C#N)cc3)ccc12)C1CCCCC1. The summed E-state index contributed by atoms with van der Waals surface area (Å²) in [6, 6.07) is 16.6. The van der Waals surface area contributed by atoms with Gasteiger partial charge >= 0.3 is 0 Å². The third kappa shape index (κ3) is 5.15. The maximum atomic E-state index is 12.5. The number of benzene rings is 2. The molecule has 1 saturated carbocycles. The smallest absolute Gasteiger partial charge is 0.224 e. The number of amides is 1. The van der Waals surface area contributed by atoms with Crippen molar-refractivity contribution in [3.63, 3.8) is 0 Å². The van der Waals surface area contributed by atoms with E-state index in [0.29, 0.717) is 24.6 Å². The summed E-state index contributed by atoms with van der Waals surface area (Å²) in [5.41, 5.74) is 4.83. The number of rotatable bonds is 7. The molecule has 5 heteroatoms. The van der Waals surface area contributed by atoms with Crippen LogP contribution in [0.25, 0.3) is 22.0 Å². The Bertz CT molecular complexity index is 1070. The number of aromatic nitrogens is 1. The molecule has 1 aliphatic carbocycles. The quantitative estimate of drug-likeness (QED) is 0.592. The van der Waals surface area contributed by atoms with Gasteiger partial charge in [-0.25, -0.2) is 0 Å². The Morgan fingerprint density at radius 1 is 1.13 bits per heavy atom. The zero-order valence-corrected chi connectivity index (χ0v) is 18.2. The molecular weight excluding hydrogens is 384 g/mol. The van der Waals surface area contributed by atoms with Gasteiger partial charge in [-0.15, -0.1) is 0 Å². The fourth-order valence-corrected chi connectivity index (χ4v) is 4.56. The van der Waals surface area contributed by atoms with Crippen molar-refractivity contribution in [3.8, 4) is 17.2 Å². The molecule has 1 aromatic heterocycles. The van der Waals surface area contributed by atoms with E-state index in [-0.39, 0.29) is 5.91 Å². The second-order valence-electron chi connectivity index (χ2n) is 8.56. The molecule has 0 spiro atoms. The van der Waals surface area contributed by atoms with E-state index in [1.54, 1.807) is 0 Å². The first-order valence-electron chi connectivity index (χ1n) is 11.2. The van der Waals surface area contributed by atoms with Crippen molar-refractivity contribution in [2.45, 2.75) is 44.6 Å². The average Bonchev–Trinajstić information content (AvgIpc) is 3.21. The molecule has 0 atom stereocenters. The van der Waals surface area contributed by atoms with Crippen molar-refractivity contribution in [1.29, 1.82) is 5.26 Å². The Morgan fingerprint density at radius 2 is 1.87 bits per heavy atom. The van der Waals surface area contributed by atoms with Gasteiger partial charge in [-0.1, -0.05) is 43.5 Å². The number of likely N-dealkylation sites (N-methyl/N-ethyl adjacent to an activating group) is 1. The van der Waals surface area contributed by atoms with Gasteiger partial charge in [0.25, 0.3) is 0 Å². The molecule has 0 aliphatic heterocycles. The molecule has 160 valence electrons. The zero-order valence-electron chi connectivity index (χ0n) is 18.2. The van der Waals surface area contributed by atoms with Crippen LogP contribution in [0.3, 0.4) is 0 Å². The van der Waals surface area contributed by atoms with Gasteiger partial charge in [-0.3, -0.25) is 4.79 Å². The molecule has 4 rings (SSSR count). The monoisotopic (exact) mass is 414 g/mol. The number of carbonyl (C=O) groups is 1. The topological polar surface area (TPSA) is 71.9 Å². The van der Waals surface area contributed by atoms with Crippen LogP contribution >= 0.6 is 0 Å². The Hall–Kier alpha value is -3.10. The Labute approximate surface area is 184 Å². The molecule has 0 radical (unpaired) electrons. The standard InChI is InChI=1S/C26H30N4O/c1-30(23-5-3-2-4-6-23)14-13-28-26(31)16-22-18-29-25-15-21(11-12-24(22)25)20-9-7-19(17-27)8-10-20/h7-12,15,18,23,29H,2-6,13-14,16H2,1H3,(H,28,31). The largest absolute Gasteiger partial charge is 0.361 e. The molecular formula is C26H30N4O. The highest BCUT2D eigenvalue weighted by atomic mass is 16.1. The predicted octanol–water partition coefficient (Wildman–Crippen LogP) is 4.63. The molecule has 2 aromatic carbocycles. The van der Waals surface area contributed by atoms with Gasteiger partial charge in [0.15, 0.2) is 0 Å². The number of hydrogen-bond donors (Lipinski definition) is 2. The third-order valence-corrected chi connectivity index (χ3v) is 6.45. The summed E-state index contributed by atoms with van der Waals surface area (Å²) in [6.07, 6.45) is 8.89. The first kappa shape index (κ1) is 21.1.